The van der Waals surface area contributed by atoms with Gasteiger partial charge >= 0.3 is 0 Å². The second kappa shape index (κ2) is 6.34. The first-order valence-corrected chi connectivity index (χ1v) is 12.0. The minimum Gasteiger partial charge on any atom is -0.435 e. The minimum atomic E-state index is 0.416. The Bertz CT molecular complexity index is 787. The monoisotopic (exact) mass is 378 g/mol. The van der Waals surface area contributed by atoms with Gasteiger partial charge in [-0.25, -0.2) is 0 Å². The van der Waals surface area contributed by atoms with Crippen molar-refractivity contribution >= 4 is 6.21 Å². The average Bonchev–Trinajstić information content (AvgIpc) is 2.66. The van der Waals surface area contributed by atoms with Crippen molar-refractivity contribution in [3.05, 3.63) is 28.8 Å². The van der Waals surface area contributed by atoms with Crippen molar-refractivity contribution in [1.29, 1.82) is 0 Å². The Balaban J connectivity index is 1.40. The Hall–Kier alpha value is -1.31. The van der Waals surface area contributed by atoms with Gasteiger partial charge in [0.2, 0.25) is 0 Å². The molecule has 5 fully saturated rings. The summed E-state index contributed by atoms with van der Waals surface area (Å²) in [6.45, 7) is 5.48. The fraction of sp³-hybridized carbons (Fsp3) is 0.731. The molecule has 6 aliphatic rings. The van der Waals surface area contributed by atoms with E-state index in [2.05, 4.69) is 36.8 Å². The molecule has 0 radical (unpaired) electrons. The quantitative estimate of drug-likeness (QED) is 0.590. The SMILES string of the molecule is Cc1cc2c(c(C34CC5CC(CC(C5)C3)C4)c1)OC[N+](C1CCCCC1C)=C2. The van der Waals surface area contributed by atoms with Crippen molar-refractivity contribution in [2.75, 3.05) is 6.73 Å². The maximum Gasteiger partial charge on any atom is 0.287 e. The van der Waals surface area contributed by atoms with Crippen LogP contribution in [0.5, 0.6) is 5.75 Å². The summed E-state index contributed by atoms with van der Waals surface area (Å²) in [5, 5.41) is 0. The lowest BCUT2D eigenvalue weighted by Gasteiger charge is -2.57. The van der Waals surface area contributed by atoms with Crippen LogP contribution in [0.4, 0.5) is 0 Å². The van der Waals surface area contributed by atoms with E-state index in [0.717, 1.165) is 30.4 Å². The number of hydrogen-bond acceptors (Lipinski definition) is 1. The fourth-order valence-electron chi connectivity index (χ4n) is 8.23. The van der Waals surface area contributed by atoms with Crippen LogP contribution in [0.3, 0.4) is 0 Å². The Labute approximate surface area is 170 Å². The van der Waals surface area contributed by atoms with E-state index >= 15 is 0 Å². The van der Waals surface area contributed by atoms with Gasteiger partial charge in [0.25, 0.3) is 6.73 Å². The van der Waals surface area contributed by atoms with E-state index in [-0.39, 0.29) is 0 Å². The summed E-state index contributed by atoms with van der Waals surface area (Å²) in [6.07, 6.45) is 16.7. The highest BCUT2D eigenvalue weighted by molar-refractivity contribution is 5.82. The highest BCUT2D eigenvalue weighted by Crippen LogP contribution is 2.62. The van der Waals surface area contributed by atoms with Crippen LogP contribution in [0, 0.1) is 30.6 Å². The second-order valence-electron chi connectivity index (χ2n) is 11.2. The third-order valence-electron chi connectivity index (χ3n) is 9.03. The maximum absolute atomic E-state index is 6.61. The first-order chi connectivity index (χ1) is 13.6. The Kier molecular flexibility index (Phi) is 3.97. The topological polar surface area (TPSA) is 12.2 Å². The number of rotatable bonds is 2. The summed E-state index contributed by atoms with van der Waals surface area (Å²) in [5.41, 5.74) is 4.77. The van der Waals surface area contributed by atoms with Crippen molar-refractivity contribution in [1.82, 2.24) is 0 Å². The number of aryl methyl sites for hydroxylation is 1. The molecule has 2 atom stereocenters. The molecule has 7 rings (SSSR count). The molecular weight excluding hydrogens is 342 g/mol. The molecule has 0 aromatic heterocycles. The predicted molar refractivity (Wildman–Crippen MR) is 113 cm³/mol. The van der Waals surface area contributed by atoms with Crippen LogP contribution in [0.25, 0.3) is 0 Å². The molecule has 0 saturated heterocycles. The molecule has 150 valence electrons. The number of benzene rings is 1. The van der Waals surface area contributed by atoms with Crippen LogP contribution in [-0.4, -0.2) is 23.6 Å². The van der Waals surface area contributed by atoms with Crippen LogP contribution >= 0.6 is 0 Å². The predicted octanol–water partition coefficient (Wildman–Crippen LogP) is 5.82. The van der Waals surface area contributed by atoms with E-state index in [4.69, 9.17) is 4.74 Å². The Morgan fingerprint density at radius 2 is 1.64 bits per heavy atom. The van der Waals surface area contributed by atoms with Crippen LogP contribution < -0.4 is 4.74 Å². The number of ether oxygens (including phenoxy) is 1. The zero-order valence-electron chi connectivity index (χ0n) is 17.8. The van der Waals surface area contributed by atoms with Crippen LogP contribution in [0.15, 0.2) is 12.1 Å². The molecular formula is C26H36NO+. The van der Waals surface area contributed by atoms with E-state index in [1.54, 1.807) is 5.56 Å². The molecule has 5 saturated carbocycles. The molecule has 1 aliphatic heterocycles. The molecule has 5 aliphatic carbocycles. The molecule has 0 amide bonds. The van der Waals surface area contributed by atoms with Gasteiger partial charge in [0.05, 0.1) is 5.56 Å². The molecule has 2 heteroatoms. The van der Waals surface area contributed by atoms with Gasteiger partial charge in [-0.05, 0) is 93.1 Å². The smallest absolute Gasteiger partial charge is 0.287 e. The lowest BCUT2D eigenvalue weighted by atomic mass is 9.48. The summed E-state index contributed by atoms with van der Waals surface area (Å²) in [6, 6.07) is 5.53. The van der Waals surface area contributed by atoms with Crippen molar-refractivity contribution in [2.24, 2.45) is 23.7 Å². The van der Waals surface area contributed by atoms with E-state index < -0.39 is 0 Å². The van der Waals surface area contributed by atoms with Crippen LogP contribution in [0.2, 0.25) is 0 Å². The minimum absolute atomic E-state index is 0.416. The third kappa shape index (κ3) is 2.70. The fourth-order valence-corrected chi connectivity index (χ4v) is 8.23. The van der Waals surface area contributed by atoms with Gasteiger partial charge in [-0.3, -0.25) is 0 Å². The van der Waals surface area contributed by atoms with Crippen molar-refractivity contribution < 1.29 is 9.31 Å². The largest absolute Gasteiger partial charge is 0.435 e. The summed E-state index contributed by atoms with van der Waals surface area (Å²) in [5.74, 6) is 4.97. The van der Waals surface area contributed by atoms with E-state index in [0.29, 0.717) is 11.5 Å². The second-order valence-corrected chi connectivity index (χ2v) is 11.2. The van der Waals surface area contributed by atoms with Crippen LogP contribution in [0.1, 0.15) is 87.8 Å². The zero-order valence-corrected chi connectivity index (χ0v) is 17.8. The molecule has 0 spiro atoms. The first-order valence-electron chi connectivity index (χ1n) is 12.0. The average molecular weight is 379 g/mol. The summed E-state index contributed by atoms with van der Waals surface area (Å²) in [4.78, 5) is 0. The number of hydrogen-bond donors (Lipinski definition) is 0. The van der Waals surface area contributed by atoms with Crippen molar-refractivity contribution in [3.8, 4) is 5.75 Å². The molecule has 28 heavy (non-hydrogen) atoms. The molecule has 2 unspecified atom stereocenters. The van der Waals surface area contributed by atoms with Crippen molar-refractivity contribution in [3.63, 3.8) is 0 Å². The van der Waals surface area contributed by atoms with Gasteiger partial charge in [0, 0.05) is 17.9 Å². The van der Waals surface area contributed by atoms with Gasteiger partial charge in [-0.2, -0.15) is 4.58 Å². The third-order valence-corrected chi connectivity index (χ3v) is 9.03. The molecule has 1 aromatic rings. The lowest BCUT2D eigenvalue weighted by molar-refractivity contribution is -0.601. The summed E-state index contributed by atoms with van der Waals surface area (Å²) in [7, 11) is 0. The molecule has 1 aromatic carbocycles. The first kappa shape index (κ1) is 17.5. The summed E-state index contributed by atoms with van der Waals surface area (Å²) < 4.78 is 9.13. The van der Waals surface area contributed by atoms with Gasteiger partial charge < -0.3 is 4.74 Å². The molecule has 0 N–H and O–H groups in total. The normalized spacial score (nSPS) is 41.4. The van der Waals surface area contributed by atoms with Crippen LogP contribution in [-0.2, 0) is 5.41 Å². The van der Waals surface area contributed by atoms with Gasteiger partial charge in [-0.15, -0.1) is 0 Å². The zero-order chi connectivity index (χ0) is 18.9. The maximum atomic E-state index is 6.61. The Morgan fingerprint density at radius 1 is 0.964 bits per heavy atom. The van der Waals surface area contributed by atoms with Gasteiger partial charge in [-0.1, -0.05) is 19.4 Å². The summed E-state index contributed by atoms with van der Waals surface area (Å²) >= 11 is 0. The van der Waals surface area contributed by atoms with Gasteiger partial charge in [0.15, 0.2) is 12.3 Å². The highest BCUT2D eigenvalue weighted by Gasteiger charge is 2.53. The highest BCUT2D eigenvalue weighted by atomic mass is 16.5. The molecule has 2 nitrogen and oxygen atoms in total. The molecule has 4 bridgehead atoms. The standard InChI is InChI=1S/C26H36NO/c1-17-7-22-15-27(24-6-4-3-5-18(24)2)16-28-25(22)23(8-17)26-12-19-9-20(13-26)11-21(10-19)14-26/h7-8,15,18-21,24H,3-6,9-14,16H2,1-2H3/q+1. The van der Waals surface area contributed by atoms with Crippen molar-refractivity contribution in [2.45, 2.75) is 89.5 Å². The lowest BCUT2D eigenvalue weighted by Crippen LogP contribution is -2.49. The van der Waals surface area contributed by atoms with E-state index in [9.17, 15) is 0 Å². The Morgan fingerprint density at radius 3 is 2.32 bits per heavy atom. The number of fused-ring (bicyclic) bond motifs is 1. The number of nitrogens with zero attached hydrogens (tertiary/aromatic N) is 1. The van der Waals surface area contributed by atoms with Gasteiger partial charge in [0.1, 0.15) is 5.75 Å². The molecule has 1 heterocycles. The van der Waals surface area contributed by atoms with E-state index in [1.165, 1.54) is 81.1 Å². The van der Waals surface area contributed by atoms with E-state index in [1.807, 2.05) is 0 Å².